The Morgan fingerprint density at radius 3 is 1.85 bits per heavy atom. The van der Waals surface area contributed by atoms with Crippen LogP contribution in [0, 0.1) is 5.92 Å². The average molecular weight is 355 g/mol. The van der Waals surface area contributed by atoms with E-state index >= 15 is 0 Å². The molecule has 3 aromatic carbocycles. The van der Waals surface area contributed by atoms with Gasteiger partial charge < -0.3 is 4.84 Å². The van der Waals surface area contributed by atoms with Crippen molar-refractivity contribution in [3.05, 3.63) is 108 Å². The summed E-state index contributed by atoms with van der Waals surface area (Å²) in [4.78, 5) is 18.1. The summed E-state index contributed by atoms with van der Waals surface area (Å²) in [5.74, 6) is -0.507. The predicted molar refractivity (Wildman–Crippen MR) is 107 cm³/mol. The normalized spacial score (nSPS) is 18.0. The molecule has 0 radical (unpaired) electrons. The zero-order chi connectivity index (χ0) is 18.7. The molecule has 0 unspecified atom stereocenters. The van der Waals surface area contributed by atoms with Gasteiger partial charge in [0.1, 0.15) is 0 Å². The van der Waals surface area contributed by atoms with Gasteiger partial charge in [-0.1, -0.05) is 96.2 Å². The number of carbonyl (C=O) groups excluding carboxylic acids is 1. The van der Waals surface area contributed by atoms with Crippen LogP contribution in [0.1, 0.15) is 30.0 Å². The van der Waals surface area contributed by atoms with Crippen molar-refractivity contribution >= 4 is 11.7 Å². The highest BCUT2D eigenvalue weighted by molar-refractivity contribution is 5.98. The molecule has 0 amide bonds. The highest BCUT2D eigenvalue weighted by Gasteiger charge is 2.61. The molecule has 1 aliphatic rings. The zero-order valence-corrected chi connectivity index (χ0v) is 15.2. The summed E-state index contributed by atoms with van der Waals surface area (Å²) in [6.07, 6.45) is 0.736. The first-order valence-electron chi connectivity index (χ1n) is 9.14. The van der Waals surface area contributed by atoms with Crippen LogP contribution in [-0.2, 0) is 15.0 Å². The number of benzene rings is 3. The van der Waals surface area contributed by atoms with E-state index in [4.69, 9.17) is 4.84 Å². The first-order valence-corrected chi connectivity index (χ1v) is 9.14. The van der Waals surface area contributed by atoms with E-state index in [1.165, 1.54) is 0 Å². The minimum atomic E-state index is -0.324. The van der Waals surface area contributed by atoms with E-state index in [1.54, 1.807) is 0 Å². The molecule has 0 bridgehead atoms. The molecule has 134 valence electrons. The van der Waals surface area contributed by atoms with Crippen molar-refractivity contribution in [3.8, 4) is 0 Å². The Balaban J connectivity index is 1.58. The van der Waals surface area contributed by atoms with Gasteiger partial charge in [-0.05, 0) is 30.0 Å². The van der Waals surface area contributed by atoms with Gasteiger partial charge in [0, 0.05) is 5.41 Å². The van der Waals surface area contributed by atoms with Crippen molar-refractivity contribution in [2.45, 2.75) is 18.8 Å². The third kappa shape index (κ3) is 3.28. The second-order valence-electron chi connectivity index (χ2n) is 6.91. The number of hydrogen-bond acceptors (Lipinski definition) is 3. The summed E-state index contributed by atoms with van der Waals surface area (Å²) >= 11 is 0. The van der Waals surface area contributed by atoms with Crippen molar-refractivity contribution < 1.29 is 9.63 Å². The third-order valence-corrected chi connectivity index (χ3v) is 5.29. The van der Waals surface area contributed by atoms with Crippen LogP contribution in [0.15, 0.2) is 96.2 Å². The van der Waals surface area contributed by atoms with Crippen molar-refractivity contribution in [3.63, 3.8) is 0 Å². The molecule has 1 fully saturated rings. The molecule has 4 rings (SSSR count). The number of hydrogen-bond donors (Lipinski definition) is 0. The maximum absolute atomic E-state index is 12.8. The zero-order valence-electron chi connectivity index (χ0n) is 15.2. The van der Waals surface area contributed by atoms with E-state index in [9.17, 15) is 4.79 Å². The minimum absolute atomic E-state index is 0.227. The summed E-state index contributed by atoms with van der Waals surface area (Å²) in [6, 6.07) is 30.1. The van der Waals surface area contributed by atoms with Gasteiger partial charge in [0.05, 0.1) is 11.6 Å². The maximum atomic E-state index is 12.8. The quantitative estimate of drug-likeness (QED) is 0.369. The molecule has 27 heavy (non-hydrogen) atoms. The van der Waals surface area contributed by atoms with Gasteiger partial charge in [0.2, 0.25) is 0 Å². The topological polar surface area (TPSA) is 38.7 Å². The van der Waals surface area contributed by atoms with Gasteiger partial charge in [-0.3, -0.25) is 0 Å². The number of carbonyl (C=O) groups is 1. The highest BCUT2D eigenvalue weighted by atomic mass is 16.7. The second kappa shape index (κ2) is 7.20. The molecule has 3 nitrogen and oxygen atoms in total. The lowest BCUT2D eigenvalue weighted by Crippen LogP contribution is -2.18. The molecule has 1 aliphatic carbocycles. The highest BCUT2D eigenvalue weighted by Crippen LogP contribution is 2.59. The van der Waals surface area contributed by atoms with Crippen molar-refractivity contribution in [2.75, 3.05) is 0 Å². The smallest absolute Gasteiger partial charge is 0.318 e. The van der Waals surface area contributed by atoms with Gasteiger partial charge in [0.15, 0.2) is 0 Å². The van der Waals surface area contributed by atoms with Gasteiger partial charge in [0.25, 0.3) is 0 Å². The summed E-state index contributed by atoms with van der Waals surface area (Å²) in [5, 5.41) is 4.08. The Bertz CT molecular complexity index is 910. The molecule has 0 aromatic heterocycles. The van der Waals surface area contributed by atoms with Crippen molar-refractivity contribution in [1.29, 1.82) is 0 Å². The first-order chi connectivity index (χ1) is 13.2. The minimum Gasteiger partial charge on any atom is -0.318 e. The van der Waals surface area contributed by atoms with Crippen molar-refractivity contribution in [2.24, 2.45) is 11.1 Å². The van der Waals surface area contributed by atoms with Gasteiger partial charge >= 0.3 is 5.97 Å². The molecule has 0 saturated heterocycles. The molecule has 3 heteroatoms. The molecule has 1 atom stereocenters. The molecule has 0 heterocycles. The summed E-state index contributed by atoms with van der Waals surface area (Å²) < 4.78 is 0. The van der Waals surface area contributed by atoms with Crippen LogP contribution in [-0.4, -0.2) is 11.7 Å². The first kappa shape index (κ1) is 17.2. The number of nitrogens with zero attached hydrogens (tertiary/aromatic N) is 1. The van der Waals surface area contributed by atoms with E-state index in [0.29, 0.717) is 5.71 Å². The molecular formula is C24H21NO2. The van der Waals surface area contributed by atoms with Gasteiger partial charge in [-0.2, -0.15) is 0 Å². The predicted octanol–water partition coefficient (Wildman–Crippen LogP) is 4.96. The van der Waals surface area contributed by atoms with Crippen LogP contribution < -0.4 is 0 Å². The number of oxime groups is 1. The van der Waals surface area contributed by atoms with Crippen LogP contribution in [0.2, 0.25) is 0 Å². The second-order valence-corrected chi connectivity index (χ2v) is 6.91. The molecule has 3 aromatic rings. The van der Waals surface area contributed by atoms with Crippen LogP contribution in [0.25, 0.3) is 0 Å². The average Bonchev–Trinajstić information content (AvgIpc) is 3.51. The Morgan fingerprint density at radius 1 is 0.852 bits per heavy atom. The van der Waals surface area contributed by atoms with E-state index in [-0.39, 0.29) is 17.3 Å². The van der Waals surface area contributed by atoms with Gasteiger partial charge in [-0.15, -0.1) is 0 Å². The van der Waals surface area contributed by atoms with E-state index in [0.717, 1.165) is 23.1 Å². The molecule has 1 saturated carbocycles. The largest absolute Gasteiger partial charge is 0.339 e. The fourth-order valence-corrected chi connectivity index (χ4v) is 3.73. The molecular weight excluding hydrogens is 334 g/mol. The van der Waals surface area contributed by atoms with Crippen LogP contribution in [0.4, 0.5) is 0 Å². The van der Waals surface area contributed by atoms with E-state index < -0.39 is 0 Å². The maximum Gasteiger partial charge on any atom is 0.339 e. The summed E-state index contributed by atoms with van der Waals surface area (Å²) in [6.45, 7) is 1.84. The lowest BCUT2D eigenvalue weighted by molar-refractivity contribution is -0.145. The monoisotopic (exact) mass is 355 g/mol. The Morgan fingerprint density at radius 2 is 1.33 bits per heavy atom. The Kier molecular flexibility index (Phi) is 4.59. The Labute approximate surface area is 159 Å². The van der Waals surface area contributed by atoms with Crippen LogP contribution in [0.3, 0.4) is 0 Å². The Hall–Kier alpha value is -3.20. The fourth-order valence-electron chi connectivity index (χ4n) is 3.73. The SMILES string of the molecule is CC(=NOC(=O)[C@@H]1CC1(c1ccccc1)c1ccccc1)c1ccccc1. The van der Waals surface area contributed by atoms with Gasteiger partial charge in [-0.25, -0.2) is 4.79 Å². The van der Waals surface area contributed by atoms with E-state index in [1.807, 2.05) is 73.7 Å². The van der Waals surface area contributed by atoms with Crippen LogP contribution >= 0.6 is 0 Å². The molecule has 0 spiro atoms. The lowest BCUT2D eigenvalue weighted by atomic mass is 9.86. The molecule has 0 aliphatic heterocycles. The lowest BCUT2D eigenvalue weighted by Gasteiger charge is -2.18. The van der Waals surface area contributed by atoms with E-state index in [2.05, 4.69) is 29.4 Å². The third-order valence-electron chi connectivity index (χ3n) is 5.29. The number of rotatable bonds is 5. The summed E-state index contributed by atoms with van der Waals surface area (Å²) in [5.41, 5.74) is 3.59. The van der Waals surface area contributed by atoms with Crippen molar-refractivity contribution in [1.82, 2.24) is 0 Å². The fraction of sp³-hybridized carbons (Fsp3) is 0.167. The summed E-state index contributed by atoms with van der Waals surface area (Å²) in [7, 11) is 0. The van der Waals surface area contributed by atoms with Crippen LogP contribution in [0.5, 0.6) is 0 Å². The standard InChI is InChI=1S/C24H21NO2/c1-18(19-11-5-2-6-12-19)25-27-23(26)22-17-24(22,20-13-7-3-8-14-20)21-15-9-4-10-16-21/h2-16,22H,17H2,1H3/t22-/m0/s1. The molecule has 0 N–H and O–H groups in total.